The van der Waals surface area contributed by atoms with Gasteiger partial charge in [-0.05, 0) is 0 Å². The van der Waals surface area contributed by atoms with Crippen LogP contribution in [0.5, 0.6) is 0 Å². The maximum Gasteiger partial charge on any atom is 2.00 e. The SMILES string of the molecule is O=P([O-])(O)O.[Mg+2].[NH4+].[O-2]. The first-order valence-corrected chi connectivity index (χ1v) is 2.30. The Morgan fingerprint density at radius 1 is 1.38 bits per heavy atom. The van der Waals surface area contributed by atoms with Crippen molar-refractivity contribution in [1.29, 1.82) is 0 Å². The summed E-state index contributed by atoms with van der Waals surface area (Å²) in [6, 6.07) is 0. The zero-order chi connectivity index (χ0) is 4.50. The largest absolute Gasteiger partial charge is 2.00 e. The van der Waals surface area contributed by atoms with Crippen LogP contribution in [-0.4, -0.2) is 32.8 Å². The van der Waals surface area contributed by atoms with Crippen molar-refractivity contribution in [2.75, 3.05) is 0 Å². The zero-order valence-electron chi connectivity index (χ0n) is 4.27. The Hall–Kier alpha value is 0.796. The van der Waals surface area contributed by atoms with Gasteiger partial charge in [-0.2, -0.15) is 0 Å². The van der Waals surface area contributed by atoms with Gasteiger partial charge in [0.15, 0.2) is 0 Å². The molecule has 0 radical (unpaired) electrons. The van der Waals surface area contributed by atoms with Crippen molar-refractivity contribution in [1.82, 2.24) is 6.15 Å². The maximum atomic E-state index is 8.77. The van der Waals surface area contributed by atoms with Crippen LogP contribution in [0, 0.1) is 0 Å². The van der Waals surface area contributed by atoms with Crippen molar-refractivity contribution in [2.24, 2.45) is 0 Å². The zero-order valence-corrected chi connectivity index (χ0v) is 6.58. The van der Waals surface area contributed by atoms with Crippen LogP contribution in [0.2, 0.25) is 0 Å². The van der Waals surface area contributed by atoms with Crippen molar-refractivity contribution < 1.29 is 24.7 Å². The fourth-order valence-electron chi connectivity index (χ4n) is 0. The first-order chi connectivity index (χ1) is 2.00. The minimum absolute atomic E-state index is 0. The molecule has 8 heteroatoms. The molecule has 0 heterocycles. The first kappa shape index (κ1) is 23.2. The number of phosphoric acid groups is 1. The molecular weight excluding hydrogens is 149 g/mol. The molecule has 6 nitrogen and oxygen atoms in total. The molecule has 0 aliphatic carbocycles. The molecule has 0 saturated carbocycles. The second-order valence-corrected chi connectivity index (χ2v) is 1.47. The standard InChI is InChI=1S/Mg.H3N.H3O4P.O/c;;1-5(2,3)4;/h;1H3;(H3,1,2,3,4);/q+2;;;-2. The molecule has 0 atom stereocenters. The van der Waals surface area contributed by atoms with E-state index in [1.165, 1.54) is 0 Å². The van der Waals surface area contributed by atoms with E-state index in [4.69, 9.17) is 19.2 Å². The van der Waals surface area contributed by atoms with Crippen molar-refractivity contribution in [2.45, 2.75) is 0 Å². The van der Waals surface area contributed by atoms with Gasteiger partial charge >= 0.3 is 23.1 Å². The van der Waals surface area contributed by atoms with Gasteiger partial charge in [-0.3, -0.25) is 4.57 Å². The number of rotatable bonds is 0. The van der Waals surface area contributed by atoms with E-state index in [0.29, 0.717) is 0 Å². The predicted octanol–water partition coefficient (Wildman–Crippen LogP) is -1.68. The van der Waals surface area contributed by atoms with Crippen LogP contribution < -0.4 is 11.0 Å². The van der Waals surface area contributed by atoms with Crippen molar-refractivity contribution >= 4 is 30.9 Å². The van der Waals surface area contributed by atoms with Gasteiger partial charge in [0.1, 0.15) is 0 Å². The van der Waals surface area contributed by atoms with E-state index in [1.54, 1.807) is 0 Å². The molecule has 0 aliphatic heterocycles. The Morgan fingerprint density at radius 3 is 1.38 bits per heavy atom. The van der Waals surface area contributed by atoms with E-state index in [2.05, 4.69) is 0 Å². The molecule has 0 saturated heterocycles. The van der Waals surface area contributed by atoms with Crippen LogP contribution >= 0.6 is 7.82 Å². The molecule has 0 bridgehead atoms. The molecule has 0 spiro atoms. The summed E-state index contributed by atoms with van der Waals surface area (Å²) in [7, 11) is -4.89. The van der Waals surface area contributed by atoms with Crippen LogP contribution in [-0.2, 0) is 10.0 Å². The van der Waals surface area contributed by atoms with Crippen molar-refractivity contribution in [3.05, 3.63) is 0 Å². The summed E-state index contributed by atoms with van der Waals surface area (Å²) in [5.74, 6) is 0. The Morgan fingerprint density at radius 2 is 1.38 bits per heavy atom. The average molecular weight is 155 g/mol. The van der Waals surface area contributed by atoms with Gasteiger partial charge < -0.3 is 26.3 Å². The average Bonchev–Trinajstić information content (AvgIpc) is 0.722. The monoisotopic (exact) mass is 155 g/mol. The molecule has 0 aliphatic rings. The van der Waals surface area contributed by atoms with Gasteiger partial charge in [0.25, 0.3) is 7.82 Å². The van der Waals surface area contributed by atoms with Crippen molar-refractivity contribution in [3.8, 4) is 0 Å². The summed E-state index contributed by atoms with van der Waals surface area (Å²) in [5.41, 5.74) is 0. The third-order valence-electron chi connectivity index (χ3n) is 0. The van der Waals surface area contributed by atoms with Crippen LogP contribution in [0.25, 0.3) is 0 Å². The molecule has 0 fully saturated rings. The van der Waals surface area contributed by atoms with E-state index in [-0.39, 0.29) is 34.7 Å². The van der Waals surface area contributed by atoms with E-state index in [1.807, 2.05) is 0 Å². The fourth-order valence-corrected chi connectivity index (χ4v) is 0. The topological polar surface area (TPSA) is 146 Å². The molecule has 0 amide bonds. The molecule has 8 heavy (non-hydrogen) atoms. The van der Waals surface area contributed by atoms with Gasteiger partial charge in [-0.1, -0.05) is 0 Å². The molecule has 0 rings (SSSR count). The smallest absolute Gasteiger partial charge is 2.00 e. The Balaban J connectivity index is -0.0000000267. The summed E-state index contributed by atoms with van der Waals surface area (Å²) in [6.45, 7) is 0. The second-order valence-electron chi connectivity index (χ2n) is 0.491. The van der Waals surface area contributed by atoms with Crippen molar-refractivity contribution in [3.63, 3.8) is 0 Å². The summed E-state index contributed by atoms with van der Waals surface area (Å²) in [4.78, 5) is 22.9. The maximum absolute atomic E-state index is 8.77. The van der Waals surface area contributed by atoms with Gasteiger partial charge in [0.05, 0.1) is 0 Å². The molecule has 0 aromatic heterocycles. The normalized spacial score (nSPS) is 7.38. The molecule has 48 valence electrons. The van der Waals surface area contributed by atoms with Crippen LogP contribution in [0.1, 0.15) is 0 Å². The van der Waals surface area contributed by atoms with E-state index < -0.39 is 7.82 Å². The summed E-state index contributed by atoms with van der Waals surface area (Å²) in [5, 5.41) is 0. The Kier molecular flexibility index (Phi) is 22.6. The molecule has 6 N–H and O–H groups in total. The Bertz CT molecular complexity index is 58.6. The second kappa shape index (κ2) is 7.80. The Labute approximate surface area is 62.2 Å². The van der Waals surface area contributed by atoms with Crippen LogP contribution in [0.15, 0.2) is 0 Å². The molecular formula is H6MgNO5P. The molecule has 0 unspecified atom stereocenters. The molecule has 0 aromatic carbocycles. The number of quaternary nitrogens is 1. The van der Waals surface area contributed by atoms with E-state index >= 15 is 0 Å². The molecule has 0 aromatic rings. The van der Waals surface area contributed by atoms with Crippen LogP contribution in [0.3, 0.4) is 0 Å². The third-order valence-corrected chi connectivity index (χ3v) is 0. The predicted molar refractivity (Wildman–Crippen MR) is 24.5 cm³/mol. The fraction of sp³-hybridized carbons (Fsp3) is 0. The van der Waals surface area contributed by atoms with Gasteiger partial charge in [-0.25, -0.2) is 0 Å². The minimum atomic E-state index is -4.89. The van der Waals surface area contributed by atoms with Gasteiger partial charge in [0, 0.05) is 0 Å². The van der Waals surface area contributed by atoms with Gasteiger partial charge in [-0.15, -0.1) is 0 Å². The van der Waals surface area contributed by atoms with Crippen LogP contribution in [0.4, 0.5) is 0 Å². The van der Waals surface area contributed by atoms with E-state index in [9.17, 15) is 0 Å². The van der Waals surface area contributed by atoms with E-state index in [0.717, 1.165) is 0 Å². The summed E-state index contributed by atoms with van der Waals surface area (Å²) >= 11 is 0. The minimum Gasteiger partial charge on any atom is -2.00 e. The first-order valence-electron chi connectivity index (χ1n) is 0.765. The number of hydrogen-bond donors (Lipinski definition) is 3. The van der Waals surface area contributed by atoms with Gasteiger partial charge in [0.2, 0.25) is 0 Å². The quantitative estimate of drug-likeness (QED) is 0.283. The number of hydrogen-bond acceptors (Lipinski definition) is 2. The summed E-state index contributed by atoms with van der Waals surface area (Å²) in [6.07, 6.45) is 0. The third kappa shape index (κ3) is 360. The summed E-state index contributed by atoms with van der Waals surface area (Å²) < 4.78 is 8.77.